The highest BCUT2D eigenvalue weighted by atomic mass is 19.4. The van der Waals surface area contributed by atoms with Crippen molar-refractivity contribution in [2.75, 3.05) is 12.8 Å². The molecule has 0 fully saturated rings. The monoisotopic (exact) mass is 376 g/mol. The van der Waals surface area contributed by atoms with E-state index in [4.69, 9.17) is 14.9 Å². The molecule has 4 aromatic rings. The summed E-state index contributed by atoms with van der Waals surface area (Å²) in [5, 5.41) is 4.26. The molecule has 0 spiro atoms. The summed E-state index contributed by atoms with van der Waals surface area (Å²) in [6.07, 6.45) is 0.960. The lowest BCUT2D eigenvalue weighted by molar-refractivity contribution is -0.137. The van der Waals surface area contributed by atoms with E-state index >= 15 is 0 Å². The Bertz CT molecular complexity index is 1130. The third kappa shape index (κ3) is 2.92. The molecule has 4 heterocycles. The van der Waals surface area contributed by atoms with Crippen LogP contribution >= 0.6 is 0 Å². The van der Waals surface area contributed by atoms with Crippen molar-refractivity contribution in [3.8, 4) is 28.5 Å². The van der Waals surface area contributed by atoms with Gasteiger partial charge in [0.05, 0.1) is 36.3 Å². The predicted molar refractivity (Wildman–Crippen MR) is 87.7 cm³/mol. The number of alkyl halides is 3. The normalized spacial score (nSPS) is 11.9. The van der Waals surface area contributed by atoms with E-state index in [0.29, 0.717) is 11.3 Å². The Kier molecular flexibility index (Phi) is 3.72. The van der Waals surface area contributed by atoms with Gasteiger partial charge in [-0.05, 0) is 12.1 Å². The fourth-order valence-electron chi connectivity index (χ4n) is 2.50. The smallest absolute Gasteiger partial charge is 0.419 e. The van der Waals surface area contributed by atoms with Crippen LogP contribution in [0.3, 0.4) is 0 Å². The van der Waals surface area contributed by atoms with Crippen molar-refractivity contribution < 1.29 is 22.3 Å². The number of anilines is 1. The second-order valence-corrected chi connectivity index (χ2v) is 5.51. The van der Waals surface area contributed by atoms with Crippen LogP contribution in [0.5, 0.6) is 5.75 Å². The largest absolute Gasteiger partial charge is 0.495 e. The van der Waals surface area contributed by atoms with Crippen LogP contribution in [0.25, 0.3) is 28.6 Å². The average Bonchev–Trinajstić information content (AvgIpc) is 3.22. The summed E-state index contributed by atoms with van der Waals surface area (Å²) in [6.45, 7) is 0. The molecule has 138 valence electrons. The number of imidazole rings is 1. The van der Waals surface area contributed by atoms with Gasteiger partial charge in [-0.3, -0.25) is 4.98 Å². The average molecular weight is 376 g/mol. The van der Waals surface area contributed by atoms with E-state index in [2.05, 4.69) is 20.1 Å². The summed E-state index contributed by atoms with van der Waals surface area (Å²) in [5.41, 5.74) is 5.25. The van der Waals surface area contributed by atoms with Crippen molar-refractivity contribution in [3.63, 3.8) is 0 Å². The molecule has 0 atom stereocenters. The van der Waals surface area contributed by atoms with Crippen LogP contribution < -0.4 is 10.5 Å². The summed E-state index contributed by atoms with van der Waals surface area (Å²) in [5.74, 6) is 0.190. The van der Waals surface area contributed by atoms with Crippen LogP contribution in [0.15, 0.2) is 41.3 Å². The number of nitrogens with zero attached hydrogens (tertiary/aromatic N) is 5. The molecule has 27 heavy (non-hydrogen) atoms. The summed E-state index contributed by atoms with van der Waals surface area (Å²) in [6, 6.07) is 2.55. The molecule has 0 saturated heterocycles. The molecule has 8 nitrogen and oxygen atoms in total. The van der Waals surface area contributed by atoms with Crippen LogP contribution in [0.1, 0.15) is 5.56 Å². The molecule has 0 aliphatic carbocycles. The summed E-state index contributed by atoms with van der Waals surface area (Å²) < 4.78 is 51.2. The lowest BCUT2D eigenvalue weighted by Gasteiger charge is -2.10. The second-order valence-electron chi connectivity index (χ2n) is 5.51. The molecule has 0 radical (unpaired) electrons. The van der Waals surface area contributed by atoms with Crippen molar-refractivity contribution in [2.45, 2.75) is 6.18 Å². The third-order valence-corrected chi connectivity index (χ3v) is 3.80. The van der Waals surface area contributed by atoms with E-state index in [-0.39, 0.29) is 23.0 Å². The Labute approximate surface area is 149 Å². The molecule has 0 bridgehead atoms. The lowest BCUT2D eigenvalue weighted by Crippen LogP contribution is -2.10. The number of fused-ring (bicyclic) bond motifs is 1. The van der Waals surface area contributed by atoms with Crippen molar-refractivity contribution in [1.29, 1.82) is 0 Å². The molecule has 11 heteroatoms. The van der Waals surface area contributed by atoms with Crippen LogP contribution in [-0.2, 0) is 6.18 Å². The van der Waals surface area contributed by atoms with E-state index in [1.165, 1.54) is 36.4 Å². The minimum absolute atomic E-state index is 0.105. The van der Waals surface area contributed by atoms with Gasteiger partial charge in [-0.1, -0.05) is 0 Å². The van der Waals surface area contributed by atoms with Gasteiger partial charge in [-0.25, -0.2) is 9.97 Å². The zero-order valence-electron chi connectivity index (χ0n) is 13.7. The number of pyridine rings is 2. The Morgan fingerprint density at radius 1 is 1.07 bits per heavy atom. The molecular weight excluding hydrogens is 365 g/mol. The van der Waals surface area contributed by atoms with Crippen molar-refractivity contribution in [1.82, 2.24) is 24.6 Å². The minimum atomic E-state index is -4.63. The Balaban J connectivity index is 1.81. The molecule has 0 aliphatic heterocycles. The zero-order valence-corrected chi connectivity index (χ0v) is 13.7. The quantitative estimate of drug-likeness (QED) is 0.586. The van der Waals surface area contributed by atoms with Gasteiger partial charge in [0.2, 0.25) is 5.89 Å². The molecule has 0 aliphatic rings. The van der Waals surface area contributed by atoms with Crippen LogP contribution in [-0.4, -0.2) is 31.7 Å². The number of methoxy groups -OCH3 is 1. The maximum absolute atomic E-state index is 13.1. The number of rotatable bonds is 3. The minimum Gasteiger partial charge on any atom is -0.495 e. The maximum atomic E-state index is 13.1. The number of halogens is 3. The van der Waals surface area contributed by atoms with Crippen LogP contribution in [0, 0.1) is 0 Å². The molecule has 0 saturated carbocycles. The highest BCUT2D eigenvalue weighted by Crippen LogP contribution is 2.35. The molecular formula is C16H11F3N6O2. The maximum Gasteiger partial charge on any atom is 0.419 e. The first-order valence-corrected chi connectivity index (χ1v) is 7.54. The first-order valence-electron chi connectivity index (χ1n) is 7.54. The van der Waals surface area contributed by atoms with Gasteiger partial charge in [-0.2, -0.15) is 17.7 Å². The van der Waals surface area contributed by atoms with E-state index in [0.717, 1.165) is 6.07 Å². The number of nitrogen functional groups attached to an aromatic ring is 1. The molecule has 4 rings (SSSR count). The molecule has 4 aromatic heterocycles. The SMILES string of the molecule is COc1cncc(-c2nn3c(-c4cnc(N)c(C(F)(F)F)c4)cnc3o2)c1. The number of aromatic nitrogens is 5. The van der Waals surface area contributed by atoms with Gasteiger partial charge in [0.15, 0.2) is 0 Å². The van der Waals surface area contributed by atoms with Gasteiger partial charge in [0.25, 0.3) is 0 Å². The predicted octanol–water partition coefficient (Wildman–Crippen LogP) is 3.06. The number of hydrogen-bond donors (Lipinski definition) is 1. The Morgan fingerprint density at radius 3 is 2.63 bits per heavy atom. The number of nitrogens with two attached hydrogens (primary N) is 1. The lowest BCUT2D eigenvalue weighted by atomic mass is 10.1. The van der Waals surface area contributed by atoms with E-state index < -0.39 is 17.6 Å². The van der Waals surface area contributed by atoms with E-state index in [1.807, 2.05) is 0 Å². The van der Waals surface area contributed by atoms with Crippen molar-refractivity contribution in [3.05, 3.63) is 42.5 Å². The fourth-order valence-corrected chi connectivity index (χ4v) is 2.50. The summed E-state index contributed by atoms with van der Waals surface area (Å²) >= 11 is 0. The number of hydrogen-bond acceptors (Lipinski definition) is 7. The second kappa shape index (κ2) is 5.97. The Hall–Kier alpha value is -3.63. The van der Waals surface area contributed by atoms with E-state index in [9.17, 15) is 13.2 Å². The van der Waals surface area contributed by atoms with Gasteiger partial charge >= 0.3 is 12.0 Å². The highest BCUT2D eigenvalue weighted by molar-refractivity contribution is 5.65. The van der Waals surface area contributed by atoms with Gasteiger partial charge in [0, 0.05) is 18.0 Å². The molecule has 0 aromatic carbocycles. The fraction of sp³-hybridized carbons (Fsp3) is 0.125. The van der Waals surface area contributed by atoms with Crippen LogP contribution in [0.4, 0.5) is 19.0 Å². The van der Waals surface area contributed by atoms with Gasteiger partial charge < -0.3 is 14.9 Å². The number of ether oxygens (including phenoxy) is 1. The highest BCUT2D eigenvalue weighted by Gasteiger charge is 2.34. The molecule has 0 unspecified atom stereocenters. The molecule has 0 amide bonds. The van der Waals surface area contributed by atoms with Gasteiger partial charge in [-0.15, -0.1) is 5.10 Å². The zero-order chi connectivity index (χ0) is 19.2. The van der Waals surface area contributed by atoms with Crippen molar-refractivity contribution in [2.24, 2.45) is 0 Å². The standard InChI is InChI=1S/C16H11F3N6O2/c1-26-10-2-9(4-21-6-10)14-24-25-12(7-23-15(25)27-14)8-3-11(16(17,18)19)13(20)22-5-8/h2-7H,1H3,(H2,20,22). The first kappa shape index (κ1) is 16.8. The van der Waals surface area contributed by atoms with Crippen LogP contribution in [0.2, 0.25) is 0 Å². The first-order chi connectivity index (χ1) is 12.9. The Morgan fingerprint density at radius 2 is 1.89 bits per heavy atom. The summed E-state index contributed by atoms with van der Waals surface area (Å²) in [7, 11) is 1.49. The third-order valence-electron chi connectivity index (χ3n) is 3.80. The van der Waals surface area contributed by atoms with E-state index in [1.54, 1.807) is 6.07 Å². The summed E-state index contributed by atoms with van der Waals surface area (Å²) in [4.78, 5) is 11.7. The molecule has 2 N–H and O–H groups in total. The van der Waals surface area contributed by atoms with Gasteiger partial charge in [0.1, 0.15) is 11.6 Å². The van der Waals surface area contributed by atoms with Crippen molar-refractivity contribution >= 4 is 11.7 Å². The topological polar surface area (TPSA) is 104 Å².